The van der Waals surface area contributed by atoms with Crippen molar-refractivity contribution in [3.63, 3.8) is 0 Å². The Labute approximate surface area is 92.0 Å². The van der Waals surface area contributed by atoms with Crippen LogP contribution in [0.2, 0.25) is 0 Å². The highest BCUT2D eigenvalue weighted by Gasteiger charge is 2.06. The molecule has 2 aromatic rings. The van der Waals surface area contributed by atoms with E-state index in [0.29, 0.717) is 0 Å². The molecular weight excluding hydrogens is 208 g/mol. The molecule has 1 aromatic heterocycles. The van der Waals surface area contributed by atoms with E-state index in [1.165, 1.54) is 11.3 Å². The largest absolute Gasteiger partial charge is 0.326 e. The summed E-state index contributed by atoms with van der Waals surface area (Å²) in [5.74, 6) is 0. The third-order valence-corrected chi connectivity index (χ3v) is 3.24. The molecule has 3 nitrogen and oxygen atoms in total. The average molecular weight is 220 g/mol. The Kier molecular flexibility index (Phi) is 2.60. The van der Waals surface area contributed by atoms with Gasteiger partial charge in [0.15, 0.2) is 0 Å². The van der Waals surface area contributed by atoms with Gasteiger partial charge in [0.05, 0.1) is 11.4 Å². The predicted molar refractivity (Wildman–Crippen MR) is 63.5 cm³/mol. The molecule has 15 heavy (non-hydrogen) atoms. The van der Waals surface area contributed by atoms with E-state index < -0.39 is 0 Å². The molecule has 0 bridgehead atoms. The second kappa shape index (κ2) is 3.90. The number of nitrogens with one attached hydrogen (secondary N) is 1. The number of anilines is 1. The number of hydrogen-bond donors (Lipinski definition) is 1. The molecule has 0 unspecified atom stereocenters. The summed E-state index contributed by atoms with van der Waals surface area (Å²) in [4.78, 5) is 12.7. The topological polar surface area (TPSA) is 34.0 Å². The first-order valence-electron chi connectivity index (χ1n) is 4.69. The molecule has 1 N–H and O–H groups in total. The van der Waals surface area contributed by atoms with Gasteiger partial charge in [0.1, 0.15) is 0 Å². The van der Waals surface area contributed by atoms with Gasteiger partial charge < -0.3 is 0 Å². The summed E-state index contributed by atoms with van der Waals surface area (Å²) < 4.78 is 1.58. The van der Waals surface area contributed by atoms with Crippen LogP contribution in [0.25, 0.3) is 0 Å². The Bertz CT molecular complexity index is 513. The lowest BCUT2D eigenvalue weighted by molar-refractivity contribution is 0.886. The highest BCUT2D eigenvalue weighted by Crippen LogP contribution is 2.11. The number of rotatable bonds is 2. The van der Waals surface area contributed by atoms with Crippen LogP contribution in [-0.2, 0) is 0 Å². The van der Waals surface area contributed by atoms with Crippen LogP contribution in [0.4, 0.5) is 5.69 Å². The number of nitrogens with zero attached hydrogens (tertiary/aromatic N) is 1. The van der Waals surface area contributed by atoms with Gasteiger partial charge in [-0.2, -0.15) is 0 Å². The van der Waals surface area contributed by atoms with Crippen LogP contribution in [-0.4, -0.2) is 4.68 Å². The van der Waals surface area contributed by atoms with Crippen LogP contribution in [0.15, 0.2) is 35.1 Å². The minimum atomic E-state index is 0.0221. The molecule has 0 aliphatic heterocycles. The molecule has 1 heterocycles. The molecule has 0 saturated heterocycles. The molecule has 0 saturated carbocycles. The molecule has 0 spiro atoms. The van der Waals surface area contributed by atoms with E-state index in [1.54, 1.807) is 4.68 Å². The minimum Gasteiger partial charge on any atom is -0.291 e. The fourth-order valence-electron chi connectivity index (χ4n) is 1.32. The summed E-state index contributed by atoms with van der Waals surface area (Å²) in [6.07, 6.45) is 0. The maximum atomic E-state index is 11.6. The van der Waals surface area contributed by atoms with Crippen LogP contribution < -0.4 is 10.3 Å². The van der Waals surface area contributed by atoms with Crippen molar-refractivity contribution in [2.24, 2.45) is 0 Å². The van der Waals surface area contributed by atoms with Gasteiger partial charge in [-0.25, -0.2) is 4.68 Å². The molecule has 2 rings (SSSR count). The Morgan fingerprint density at radius 1 is 1.20 bits per heavy atom. The zero-order valence-corrected chi connectivity index (χ0v) is 9.47. The maximum absolute atomic E-state index is 11.6. The lowest BCUT2D eigenvalue weighted by Gasteiger charge is -2.07. The fourth-order valence-corrected chi connectivity index (χ4v) is 2.09. The number of para-hydroxylation sites is 1. The molecule has 0 radical (unpaired) electrons. The van der Waals surface area contributed by atoms with E-state index in [1.807, 2.05) is 44.2 Å². The summed E-state index contributed by atoms with van der Waals surface area (Å²) in [5.41, 5.74) is 4.96. The molecule has 4 heteroatoms. The first-order chi connectivity index (χ1) is 7.18. The molecule has 0 aliphatic carbocycles. The van der Waals surface area contributed by atoms with Crippen molar-refractivity contribution < 1.29 is 0 Å². The Balaban J connectivity index is 2.37. The van der Waals surface area contributed by atoms with Crippen molar-refractivity contribution in [3.8, 4) is 0 Å². The third kappa shape index (κ3) is 1.94. The smallest absolute Gasteiger partial charge is 0.291 e. The molecule has 1 aromatic carbocycles. The first kappa shape index (κ1) is 9.98. The van der Waals surface area contributed by atoms with E-state index in [0.717, 1.165) is 16.3 Å². The SMILES string of the molecule is Cc1sc(=O)n(Nc2ccccc2)c1C. The highest BCUT2D eigenvalue weighted by atomic mass is 32.1. The van der Waals surface area contributed by atoms with E-state index in [2.05, 4.69) is 5.43 Å². The highest BCUT2D eigenvalue weighted by molar-refractivity contribution is 7.09. The van der Waals surface area contributed by atoms with Gasteiger partial charge in [0.25, 0.3) is 0 Å². The Morgan fingerprint density at radius 2 is 1.87 bits per heavy atom. The quantitative estimate of drug-likeness (QED) is 0.843. The van der Waals surface area contributed by atoms with E-state index in [9.17, 15) is 4.79 Å². The van der Waals surface area contributed by atoms with Crippen molar-refractivity contribution in [2.75, 3.05) is 5.43 Å². The van der Waals surface area contributed by atoms with Crippen molar-refractivity contribution in [2.45, 2.75) is 13.8 Å². The van der Waals surface area contributed by atoms with Gasteiger partial charge in [0.2, 0.25) is 0 Å². The zero-order valence-electron chi connectivity index (χ0n) is 8.65. The standard InChI is InChI=1S/C11H12N2OS/c1-8-9(2)15-11(14)13(8)12-10-6-4-3-5-7-10/h3-7,12H,1-2H3. The van der Waals surface area contributed by atoms with Gasteiger partial charge in [-0.05, 0) is 26.0 Å². The van der Waals surface area contributed by atoms with Crippen molar-refractivity contribution in [1.82, 2.24) is 4.68 Å². The van der Waals surface area contributed by atoms with Crippen LogP contribution in [0, 0.1) is 13.8 Å². The van der Waals surface area contributed by atoms with E-state index >= 15 is 0 Å². The van der Waals surface area contributed by atoms with Gasteiger partial charge in [-0.3, -0.25) is 10.2 Å². The summed E-state index contributed by atoms with van der Waals surface area (Å²) >= 11 is 1.26. The van der Waals surface area contributed by atoms with Crippen molar-refractivity contribution in [1.29, 1.82) is 0 Å². The second-order valence-electron chi connectivity index (χ2n) is 3.32. The summed E-state index contributed by atoms with van der Waals surface area (Å²) in [6, 6.07) is 9.67. The van der Waals surface area contributed by atoms with Crippen molar-refractivity contribution in [3.05, 3.63) is 50.6 Å². The Morgan fingerprint density at radius 3 is 2.40 bits per heavy atom. The van der Waals surface area contributed by atoms with Gasteiger partial charge in [0, 0.05) is 4.88 Å². The first-order valence-corrected chi connectivity index (χ1v) is 5.51. The average Bonchev–Trinajstić information content (AvgIpc) is 2.47. The fraction of sp³-hybridized carbons (Fsp3) is 0.182. The molecule has 0 fully saturated rings. The number of thiazole rings is 1. The van der Waals surface area contributed by atoms with Crippen molar-refractivity contribution >= 4 is 17.0 Å². The van der Waals surface area contributed by atoms with Crippen LogP contribution >= 0.6 is 11.3 Å². The minimum absolute atomic E-state index is 0.0221. The molecular formula is C11H12N2OS. The monoisotopic (exact) mass is 220 g/mol. The van der Waals surface area contributed by atoms with Crippen LogP contribution in [0.3, 0.4) is 0 Å². The number of aryl methyl sites for hydroxylation is 1. The number of benzene rings is 1. The lowest BCUT2D eigenvalue weighted by atomic mass is 10.3. The molecule has 0 atom stereocenters. The van der Waals surface area contributed by atoms with E-state index in [4.69, 9.17) is 0 Å². The summed E-state index contributed by atoms with van der Waals surface area (Å²) in [7, 11) is 0. The number of aromatic nitrogens is 1. The molecule has 0 amide bonds. The summed E-state index contributed by atoms with van der Waals surface area (Å²) in [5, 5.41) is 0. The van der Waals surface area contributed by atoms with Gasteiger partial charge in [-0.1, -0.05) is 29.5 Å². The number of hydrogen-bond acceptors (Lipinski definition) is 3. The van der Waals surface area contributed by atoms with E-state index in [-0.39, 0.29) is 4.87 Å². The van der Waals surface area contributed by atoms with Crippen LogP contribution in [0.1, 0.15) is 10.6 Å². The zero-order chi connectivity index (χ0) is 10.8. The van der Waals surface area contributed by atoms with Gasteiger partial charge >= 0.3 is 4.87 Å². The lowest BCUT2D eigenvalue weighted by Crippen LogP contribution is -2.22. The second-order valence-corrected chi connectivity index (χ2v) is 4.49. The summed E-state index contributed by atoms with van der Waals surface area (Å²) in [6.45, 7) is 3.88. The third-order valence-electron chi connectivity index (χ3n) is 2.28. The van der Waals surface area contributed by atoms with Crippen LogP contribution in [0.5, 0.6) is 0 Å². The molecule has 0 aliphatic rings. The van der Waals surface area contributed by atoms with Gasteiger partial charge in [-0.15, -0.1) is 0 Å². The normalized spacial score (nSPS) is 10.3. The molecule has 78 valence electrons. The predicted octanol–water partition coefficient (Wildman–Crippen LogP) is 2.40. The maximum Gasteiger partial charge on any atom is 0.326 e. The Hall–Kier alpha value is -1.55.